The van der Waals surface area contributed by atoms with Crippen LogP contribution in [0.3, 0.4) is 0 Å². The maximum absolute atomic E-state index is 6.54. The van der Waals surface area contributed by atoms with Crippen LogP contribution < -0.4 is 5.73 Å². The number of benzene rings is 2. The molecule has 1 aliphatic rings. The molecule has 104 valence electrons. The van der Waals surface area contributed by atoms with E-state index >= 15 is 0 Å². The first-order valence-corrected chi connectivity index (χ1v) is 7.64. The summed E-state index contributed by atoms with van der Waals surface area (Å²) in [6.07, 6.45) is 3.55. The summed E-state index contributed by atoms with van der Waals surface area (Å²) in [7, 11) is 0. The molecule has 0 aromatic heterocycles. The Morgan fingerprint density at radius 3 is 2.80 bits per heavy atom. The third-order valence-electron chi connectivity index (χ3n) is 4.43. The Labute approximate surface area is 125 Å². The molecule has 0 heterocycles. The fraction of sp³-hybridized carbons (Fsp3) is 0.333. The van der Waals surface area contributed by atoms with Gasteiger partial charge in [0.05, 0.1) is 0 Å². The monoisotopic (exact) mass is 285 g/mol. The minimum absolute atomic E-state index is 0.0227. The van der Waals surface area contributed by atoms with E-state index in [4.69, 9.17) is 17.3 Å². The van der Waals surface area contributed by atoms with E-state index in [1.807, 2.05) is 13.0 Å². The predicted octanol–water partition coefficient (Wildman–Crippen LogP) is 4.77. The zero-order valence-electron chi connectivity index (χ0n) is 11.8. The molecule has 20 heavy (non-hydrogen) atoms. The van der Waals surface area contributed by atoms with Gasteiger partial charge in [-0.1, -0.05) is 48.0 Å². The molecule has 3 rings (SSSR count). The van der Waals surface area contributed by atoms with Gasteiger partial charge in [0.15, 0.2) is 0 Å². The van der Waals surface area contributed by atoms with Gasteiger partial charge in [-0.3, -0.25) is 0 Å². The lowest BCUT2D eigenvalue weighted by atomic mass is 9.77. The summed E-state index contributed by atoms with van der Waals surface area (Å²) >= 11 is 6.24. The number of hydrogen-bond donors (Lipinski definition) is 1. The van der Waals surface area contributed by atoms with Gasteiger partial charge in [0.2, 0.25) is 0 Å². The van der Waals surface area contributed by atoms with E-state index in [1.54, 1.807) is 0 Å². The van der Waals surface area contributed by atoms with Crippen molar-refractivity contribution in [3.63, 3.8) is 0 Å². The molecule has 0 radical (unpaired) electrons. The fourth-order valence-corrected chi connectivity index (χ4v) is 3.40. The van der Waals surface area contributed by atoms with Crippen LogP contribution in [0.25, 0.3) is 0 Å². The molecular formula is C18H20ClN. The third kappa shape index (κ3) is 2.48. The van der Waals surface area contributed by atoms with Crippen LogP contribution in [0.4, 0.5) is 0 Å². The minimum Gasteiger partial charge on any atom is -0.323 e. The highest BCUT2D eigenvalue weighted by Gasteiger charge is 2.26. The Hall–Kier alpha value is -1.31. The Bertz CT molecular complexity index is 621. The van der Waals surface area contributed by atoms with E-state index < -0.39 is 0 Å². The van der Waals surface area contributed by atoms with Gasteiger partial charge in [0.1, 0.15) is 0 Å². The maximum Gasteiger partial charge on any atom is 0.0438 e. The Kier molecular flexibility index (Phi) is 3.82. The minimum atomic E-state index is 0.0227. The number of nitrogens with two attached hydrogens (primary N) is 1. The second-order valence-corrected chi connectivity index (χ2v) is 6.14. The molecule has 1 nitrogen and oxygen atoms in total. The van der Waals surface area contributed by atoms with E-state index in [0.717, 1.165) is 22.6 Å². The normalized spacial score (nSPS) is 19.4. The first-order chi connectivity index (χ1) is 9.66. The molecule has 2 unspecified atom stereocenters. The molecule has 0 bridgehead atoms. The highest BCUT2D eigenvalue weighted by Crippen LogP contribution is 2.39. The number of hydrogen-bond acceptors (Lipinski definition) is 1. The summed E-state index contributed by atoms with van der Waals surface area (Å²) < 4.78 is 0. The third-order valence-corrected chi connectivity index (χ3v) is 4.84. The van der Waals surface area contributed by atoms with Crippen LogP contribution in [0.1, 0.15) is 47.1 Å². The number of halogens is 1. The van der Waals surface area contributed by atoms with E-state index in [9.17, 15) is 0 Å². The molecule has 2 aromatic rings. The second-order valence-electron chi connectivity index (χ2n) is 5.73. The van der Waals surface area contributed by atoms with Gasteiger partial charge in [-0.2, -0.15) is 0 Å². The molecule has 0 fully saturated rings. The van der Waals surface area contributed by atoms with Crippen molar-refractivity contribution in [3.05, 3.63) is 69.7 Å². The summed E-state index contributed by atoms with van der Waals surface area (Å²) in [5.41, 5.74) is 11.7. The number of rotatable bonds is 2. The van der Waals surface area contributed by atoms with Gasteiger partial charge in [-0.15, -0.1) is 0 Å². The van der Waals surface area contributed by atoms with Gasteiger partial charge in [-0.25, -0.2) is 0 Å². The standard InChI is InChI=1S/C18H20ClN/c1-12-9-10-14(11-17(12)19)18(20)16-8-4-6-13-5-2-3-7-15(13)16/h2-3,5,7,9-11,16,18H,4,6,8,20H2,1H3. The lowest BCUT2D eigenvalue weighted by Crippen LogP contribution is -2.23. The van der Waals surface area contributed by atoms with Crippen molar-refractivity contribution >= 4 is 11.6 Å². The molecule has 2 aromatic carbocycles. The zero-order valence-corrected chi connectivity index (χ0v) is 12.5. The average Bonchev–Trinajstić information content (AvgIpc) is 2.49. The average molecular weight is 286 g/mol. The molecule has 1 aliphatic carbocycles. The van der Waals surface area contributed by atoms with Crippen LogP contribution in [0.2, 0.25) is 5.02 Å². The SMILES string of the molecule is Cc1ccc(C(N)C2CCCc3ccccc32)cc1Cl. The van der Waals surface area contributed by atoms with Crippen LogP contribution in [-0.2, 0) is 6.42 Å². The summed E-state index contributed by atoms with van der Waals surface area (Å²) in [6.45, 7) is 2.02. The number of aryl methyl sites for hydroxylation is 2. The van der Waals surface area contributed by atoms with E-state index in [1.165, 1.54) is 24.0 Å². The lowest BCUT2D eigenvalue weighted by molar-refractivity contribution is 0.474. The van der Waals surface area contributed by atoms with Crippen molar-refractivity contribution in [2.75, 3.05) is 0 Å². The molecule has 0 saturated carbocycles. The van der Waals surface area contributed by atoms with Crippen LogP contribution in [0.5, 0.6) is 0 Å². The van der Waals surface area contributed by atoms with Crippen molar-refractivity contribution < 1.29 is 0 Å². The molecule has 0 saturated heterocycles. The molecule has 0 aliphatic heterocycles. The van der Waals surface area contributed by atoms with Gasteiger partial charge >= 0.3 is 0 Å². The van der Waals surface area contributed by atoms with Crippen molar-refractivity contribution in [1.82, 2.24) is 0 Å². The van der Waals surface area contributed by atoms with Crippen LogP contribution in [-0.4, -0.2) is 0 Å². The van der Waals surface area contributed by atoms with Crippen LogP contribution >= 0.6 is 11.6 Å². The van der Waals surface area contributed by atoms with E-state index in [0.29, 0.717) is 5.92 Å². The maximum atomic E-state index is 6.54. The van der Waals surface area contributed by atoms with Gasteiger partial charge < -0.3 is 5.73 Å². The lowest BCUT2D eigenvalue weighted by Gasteiger charge is -2.30. The molecule has 2 N–H and O–H groups in total. The van der Waals surface area contributed by atoms with Crippen molar-refractivity contribution in [2.24, 2.45) is 5.73 Å². The summed E-state index contributed by atoms with van der Waals surface area (Å²) in [5, 5.41) is 0.807. The fourth-order valence-electron chi connectivity index (χ4n) is 3.21. The second kappa shape index (κ2) is 5.59. The topological polar surface area (TPSA) is 26.0 Å². The van der Waals surface area contributed by atoms with E-state index in [-0.39, 0.29) is 6.04 Å². The van der Waals surface area contributed by atoms with Crippen molar-refractivity contribution in [3.8, 4) is 0 Å². The van der Waals surface area contributed by atoms with Gasteiger partial charge in [0.25, 0.3) is 0 Å². The highest BCUT2D eigenvalue weighted by molar-refractivity contribution is 6.31. The first kappa shape index (κ1) is 13.7. The molecular weight excluding hydrogens is 266 g/mol. The van der Waals surface area contributed by atoms with E-state index in [2.05, 4.69) is 36.4 Å². The quantitative estimate of drug-likeness (QED) is 0.845. The summed E-state index contributed by atoms with van der Waals surface area (Å²) in [4.78, 5) is 0. The molecule has 2 atom stereocenters. The smallest absolute Gasteiger partial charge is 0.0438 e. The largest absolute Gasteiger partial charge is 0.323 e. The molecule has 0 amide bonds. The van der Waals surface area contributed by atoms with Gasteiger partial charge in [0, 0.05) is 17.0 Å². The summed E-state index contributed by atoms with van der Waals surface area (Å²) in [5.74, 6) is 0.402. The molecule has 0 spiro atoms. The van der Waals surface area contributed by atoms with Crippen LogP contribution in [0.15, 0.2) is 42.5 Å². The number of fused-ring (bicyclic) bond motifs is 1. The van der Waals surface area contributed by atoms with Gasteiger partial charge in [-0.05, 0) is 54.5 Å². The first-order valence-electron chi connectivity index (χ1n) is 7.26. The van der Waals surface area contributed by atoms with Crippen molar-refractivity contribution in [1.29, 1.82) is 0 Å². The Morgan fingerprint density at radius 2 is 2.00 bits per heavy atom. The van der Waals surface area contributed by atoms with Crippen LogP contribution in [0, 0.1) is 6.92 Å². The Balaban J connectivity index is 1.95. The predicted molar refractivity (Wildman–Crippen MR) is 85.2 cm³/mol. The summed E-state index contributed by atoms with van der Waals surface area (Å²) in [6, 6.07) is 14.9. The zero-order chi connectivity index (χ0) is 14.1. The van der Waals surface area contributed by atoms with Crippen molar-refractivity contribution in [2.45, 2.75) is 38.1 Å². The molecule has 2 heteroatoms. The highest BCUT2D eigenvalue weighted by atomic mass is 35.5. The Morgan fingerprint density at radius 1 is 1.20 bits per heavy atom.